The molecule has 2 atom stereocenters. The van der Waals surface area contributed by atoms with Gasteiger partial charge in [0.1, 0.15) is 11.6 Å². The first-order valence-electron chi connectivity index (χ1n) is 10.2. The molecule has 0 saturated carbocycles. The number of nitrogens with one attached hydrogen (secondary N) is 1. The molecular weight excluding hydrogens is 383 g/mol. The van der Waals surface area contributed by atoms with Crippen LogP contribution in [0.25, 0.3) is 5.69 Å². The highest BCUT2D eigenvalue weighted by molar-refractivity contribution is 5.98. The van der Waals surface area contributed by atoms with Crippen LogP contribution >= 0.6 is 0 Å². The summed E-state index contributed by atoms with van der Waals surface area (Å²) in [5.41, 5.74) is 2.26. The molecule has 156 valence electrons. The standard InChI is InChI=1S/C22H25FN6O/c1-15-5-7-19(29-26-9-10-27-29)18(12-15)22(30)28-11-3-4-16(2)20(28)14-25-21-8-6-17(23)13-24-21/h5-10,12-13,16,20H,3-4,11,14H2,1-2H3,(H,24,25). The SMILES string of the molecule is Cc1ccc(-n2nccn2)c(C(=O)N2CCCC(C)C2CNc2ccc(F)cn2)c1. The Morgan fingerprint density at radius 3 is 2.77 bits per heavy atom. The van der Waals surface area contributed by atoms with Gasteiger partial charge in [0.05, 0.1) is 35.9 Å². The lowest BCUT2D eigenvalue weighted by Gasteiger charge is -2.40. The summed E-state index contributed by atoms with van der Waals surface area (Å²) in [6.45, 7) is 5.37. The monoisotopic (exact) mass is 408 g/mol. The van der Waals surface area contributed by atoms with Gasteiger partial charge in [-0.3, -0.25) is 4.79 Å². The van der Waals surface area contributed by atoms with E-state index in [4.69, 9.17) is 0 Å². The molecule has 1 saturated heterocycles. The van der Waals surface area contributed by atoms with Gasteiger partial charge in [-0.2, -0.15) is 15.0 Å². The van der Waals surface area contributed by atoms with Crippen LogP contribution in [0.1, 0.15) is 35.7 Å². The molecule has 2 aromatic heterocycles. The number of aryl methyl sites for hydroxylation is 1. The molecule has 1 N–H and O–H groups in total. The highest BCUT2D eigenvalue weighted by Crippen LogP contribution is 2.27. The zero-order valence-electron chi connectivity index (χ0n) is 17.1. The van der Waals surface area contributed by atoms with Gasteiger partial charge in [0.25, 0.3) is 5.91 Å². The summed E-state index contributed by atoms with van der Waals surface area (Å²) in [5.74, 6) is 0.518. The molecule has 0 spiro atoms. The topological polar surface area (TPSA) is 75.9 Å². The minimum Gasteiger partial charge on any atom is -0.368 e. The second kappa shape index (κ2) is 8.61. The number of amides is 1. The van der Waals surface area contributed by atoms with Crippen molar-refractivity contribution in [2.45, 2.75) is 32.7 Å². The average Bonchev–Trinajstić information content (AvgIpc) is 3.28. The summed E-state index contributed by atoms with van der Waals surface area (Å²) in [6, 6.07) is 8.71. The first-order valence-corrected chi connectivity index (χ1v) is 10.2. The van der Waals surface area contributed by atoms with Crippen molar-refractivity contribution >= 4 is 11.7 Å². The van der Waals surface area contributed by atoms with Gasteiger partial charge in [-0.25, -0.2) is 9.37 Å². The lowest BCUT2D eigenvalue weighted by Crippen LogP contribution is -2.51. The van der Waals surface area contributed by atoms with Crippen LogP contribution in [0.2, 0.25) is 0 Å². The second-order valence-corrected chi connectivity index (χ2v) is 7.77. The van der Waals surface area contributed by atoms with Gasteiger partial charge in [0.15, 0.2) is 0 Å². The molecule has 30 heavy (non-hydrogen) atoms. The number of piperidine rings is 1. The molecular formula is C22H25FN6O. The molecule has 8 heteroatoms. The average molecular weight is 408 g/mol. The molecule has 1 fully saturated rings. The van der Waals surface area contributed by atoms with Crippen molar-refractivity contribution in [3.63, 3.8) is 0 Å². The van der Waals surface area contributed by atoms with E-state index in [2.05, 4.69) is 27.4 Å². The Bertz CT molecular complexity index is 1000. The van der Waals surface area contributed by atoms with Gasteiger partial charge in [-0.15, -0.1) is 0 Å². The largest absolute Gasteiger partial charge is 0.368 e. The third kappa shape index (κ3) is 4.17. The first kappa shape index (κ1) is 20.0. The summed E-state index contributed by atoms with van der Waals surface area (Å²) < 4.78 is 13.1. The third-order valence-electron chi connectivity index (χ3n) is 5.61. The molecule has 2 unspecified atom stereocenters. The second-order valence-electron chi connectivity index (χ2n) is 7.77. The number of likely N-dealkylation sites (tertiary alicyclic amines) is 1. The quantitative estimate of drug-likeness (QED) is 0.700. The predicted molar refractivity (Wildman–Crippen MR) is 112 cm³/mol. The molecule has 1 aromatic carbocycles. The summed E-state index contributed by atoms with van der Waals surface area (Å²) in [4.78, 5) is 21.1. The van der Waals surface area contributed by atoms with E-state index < -0.39 is 0 Å². The number of benzene rings is 1. The van der Waals surface area contributed by atoms with Crippen molar-refractivity contribution in [1.82, 2.24) is 24.9 Å². The fourth-order valence-corrected chi connectivity index (χ4v) is 3.99. The maximum Gasteiger partial charge on any atom is 0.256 e. The summed E-state index contributed by atoms with van der Waals surface area (Å²) >= 11 is 0. The van der Waals surface area contributed by atoms with Crippen LogP contribution in [0.3, 0.4) is 0 Å². The number of anilines is 1. The van der Waals surface area contributed by atoms with Gasteiger partial charge >= 0.3 is 0 Å². The van der Waals surface area contributed by atoms with Crippen molar-refractivity contribution < 1.29 is 9.18 Å². The number of hydrogen-bond acceptors (Lipinski definition) is 5. The Hall–Kier alpha value is -3.29. The Morgan fingerprint density at radius 1 is 1.23 bits per heavy atom. The van der Waals surface area contributed by atoms with E-state index in [1.165, 1.54) is 17.1 Å². The van der Waals surface area contributed by atoms with E-state index in [1.807, 2.05) is 30.0 Å². The molecule has 7 nitrogen and oxygen atoms in total. The maximum atomic E-state index is 13.6. The zero-order valence-corrected chi connectivity index (χ0v) is 17.1. The van der Waals surface area contributed by atoms with Crippen LogP contribution < -0.4 is 5.32 Å². The number of aromatic nitrogens is 4. The molecule has 4 rings (SSSR count). The van der Waals surface area contributed by atoms with Crippen molar-refractivity contribution in [2.75, 3.05) is 18.4 Å². The summed E-state index contributed by atoms with van der Waals surface area (Å²) in [7, 11) is 0. The van der Waals surface area contributed by atoms with E-state index in [0.717, 1.165) is 18.4 Å². The molecule has 1 aliphatic heterocycles. The van der Waals surface area contributed by atoms with E-state index >= 15 is 0 Å². The minimum atomic E-state index is -0.373. The molecule has 0 radical (unpaired) electrons. The molecule has 3 heterocycles. The third-order valence-corrected chi connectivity index (χ3v) is 5.61. The number of hydrogen-bond donors (Lipinski definition) is 1. The smallest absolute Gasteiger partial charge is 0.256 e. The number of halogens is 1. The van der Waals surface area contributed by atoms with Gasteiger partial charge in [0.2, 0.25) is 0 Å². The van der Waals surface area contributed by atoms with Gasteiger partial charge in [-0.05, 0) is 49.9 Å². The number of nitrogens with zero attached hydrogens (tertiary/aromatic N) is 5. The van der Waals surface area contributed by atoms with Crippen LogP contribution in [-0.4, -0.2) is 49.9 Å². The Labute approximate surface area is 174 Å². The lowest BCUT2D eigenvalue weighted by molar-refractivity contribution is 0.0539. The van der Waals surface area contributed by atoms with E-state index in [0.29, 0.717) is 36.1 Å². The number of pyridine rings is 1. The number of carbonyl (C=O) groups excluding carboxylic acids is 1. The predicted octanol–water partition coefficient (Wildman–Crippen LogP) is 3.46. The van der Waals surface area contributed by atoms with Crippen LogP contribution in [0.4, 0.5) is 10.2 Å². The fourth-order valence-electron chi connectivity index (χ4n) is 3.99. The number of carbonyl (C=O) groups is 1. The van der Waals surface area contributed by atoms with Crippen molar-refractivity contribution in [3.05, 3.63) is 65.9 Å². The molecule has 0 aliphatic carbocycles. The Morgan fingerprint density at radius 2 is 2.03 bits per heavy atom. The zero-order chi connectivity index (χ0) is 21.1. The molecule has 1 amide bonds. The van der Waals surface area contributed by atoms with Gasteiger partial charge in [0, 0.05) is 13.1 Å². The molecule has 0 bridgehead atoms. The summed E-state index contributed by atoms with van der Waals surface area (Å²) in [6.07, 6.45) is 6.39. The van der Waals surface area contributed by atoms with Crippen LogP contribution in [0, 0.1) is 18.7 Å². The number of rotatable bonds is 5. The van der Waals surface area contributed by atoms with Crippen LogP contribution in [0.5, 0.6) is 0 Å². The fraction of sp³-hybridized carbons (Fsp3) is 0.364. The lowest BCUT2D eigenvalue weighted by atomic mass is 9.89. The highest BCUT2D eigenvalue weighted by atomic mass is 19.1. The van der Waals surface area contributed by atoms with E-state index in [-0.39, 0.29) is 17.8 Å². The van der Waals surface area contributed by atoms with Crippen LogP contribution in [0.15, 0.2) is 48.9 Å². The van der Waals surface area contributed by atoms with Crippen LogP contribution in [-0.2, 0) is 0 Å². The highest BCUT2D eigenvalue weighted by Gasteiger charge is 2.33. The van der Waals surface area contributed by atoms with Gasteiger partial charge < -0.3 is 10.2 Å². The molecule has 1 aliphatic rings. The molecule has 3 aromatic rings. The maximum absolute atomic E-state index is 13.6. The van der Waals surface area contributed by atoms with Crippen molar-refractivity contribution in [2.24, 2.45) is 5.92 Å². The first-order chi connectivity index (χ1) is 14.5. The van der Waals surface area contributed by atoms with Gasteiger partial charge in [-0.1, -0.05) is 18.6 Å². The Kier molecular flexibility index (Phi) is 5.74. The van der Waals surface area contributed by atoms with E-state index in [1.54, 1.807) is 18.5 Å². The van der Waals surface area contributed by atoms with Crippen molar-refractivity contribution in [1.29, 1.82) is 0 Å². The van der Waals surface area contributed by atoms with Crippen molar-refractivity contribution in [3.8, 4) is 5.69 Å². The normalized spacial score (nSPS) is 19.0. The summed E-state index contributed by atoms with van der Waals surface area (Å²) in [5, 5.41) is 11.7. The Balaban J connectivity index is 1.60. The minimum absolute atomic E-state index is 0.00274. The van der Waals surface area contributed by atoms with E-state index in [9.17, 15) is 9.18 Å².